The van der Waals surface area contributed by atoms with Crippen molar-refractivity contribution in [2.75, 3.05) is 13.1 Å². The maximum absolute atomic E-state index is 13.0. The molecule has 1 fully saturated rings. The van der Waals surface area contributed by atoms with Gasteiger partial charge in [-0.15, -0.1) is 0 Å². The fourth-order valence-corrected chi connectivity index (χ4v) is 1.78. The Kier molecular flexibility index (Phi) is 3.99. The van der Waals surface area contributed by atoms with E-state index in [4.69, 9.17) is 0 Å². The van der Waals surface area contributed by atoms with Crippen molar-refractivity contribution in [1.29, 1.82) is 0 Å². The maximum atomic E-state index is 13.0. The van der Waals surface area contributed by atoms with Gasteiger partial charge in [0.25, 0.3) is 0 Å². The molecule has 0 spiro atoms. The Morgan fingerprint density at radius 1 is 1.42 bits per heavy atom. The summed E-state index contributed by atoms with van der Waals surface area (Å²) in [5.41, 5.74) is 0. The minimum atomic E-state index is -0.543. The Bertz CT molecular complexity index is 127. The van der Waals surface area contributed by atoms with Crippen molar-refractivity contribution in [2.24, 2.45) is 0 Å². The van der Waals surface area contributed by atoms with E-state index in [1.807, 2.05) is 0 Å². The predicted molar refractivity (Wildman–Crippen MR) is 50.1 cm³/mol. The first-order chi connectivity index (χ1) is 5.74. The largest absolute Gasteiger partial charge is 0.301 e. The quantitative estimate of drug-likeness (QED) is 0.620. The van der Waals surface area contributed by atoms with Crippen LogP contribution in [0.25, 0.3) is 0 Å². The number of likely N-dealkylation sites (tertiary alicyclic amines) is 1. The Balaban J connectivity index is 2.35. The molecule has 2 unspecified atom stereocenters. The van der Waals surface area contributed by atoms with Crippen LogP contribution in [0.15, 0.2) is 0 Å². The van der Waals surface area contributed by atoms with Crippen LogP contribution in [0, 0.1) is 0 Å². The topological polar surface area (TPSA) is 3.24 Å². The van der Waals surface area contributed by atoms with Crippen LogP contribution in [0.3, 0.4) is 0 Å². The van der Waals surface area contributed by atoms with Gasteiger partial charge in [-0.2, -0.15) is 0 Å². The van der Waals surface area contributed by atoms with E-state index in [9.17, 15) is 4.39 Å². The Morgan fingerprint density at radius 2 is 2.17 bits per heavy atom. The number of hydrogen-bond donors (Lipinski definition) is 0. The van der Waals surface area contributed by atoms with Crippen molar-refractivity contribution in [3.8, 4) is 0 Å². The van der Waals surface area contributed by atoms with Gasteiger partial charge in [-0.3, -0.25) is 0 Å². The third-order valence-corrected chi connectivity index (χ3v) is 2.91. The summed E-state index contributed by atoms with van der Waals surface area (Å²) in [5, 5.41) is 0. The zero-order chi connectivity index (χ0) is 8.97. The molecule has 1 rings (SSSR count). The molecule has 0 aromatic heterocycles. The molecule has 1 aliphatic heterocycles. The van der Waals surface area contributed by atoms with Gasteiger partial charge in [-0.25, -0.2) is 4.39 Å². The molecule has 1 aliphatic rings. The predicted octanol–water partition coefficient (Wildman–Crippen LogP) is 2.61. The van der Waals surface area contributed by atoms with E-state index in [0.717, 1.165) is 32.4 Å². The van der Waals surface area contributed by atoms with E-state index in [1.54, 1.807) is 0 Å². The third kappa shape index (κ3) is 2.74. The Morgan fingerprint density at radius 3 is 2.83 bits per heavy atom. The second kappa shape index (κ2) is 4.80. The lowest BCUT2D eigenvalue weighted by atomic mass is 10.2. The number of alkyl halides is 1. The van der Waals surface area contributed by atoms with Crippen LogP contribution in [-0.4, -0.2) is 30.2 Å². The highest BCUT2D eigenvalue weighted by Crippen LogP contribution is 2.16. The van der Waals surface area contributed by atoms with Gasteiger partial charge in [0.15, 0.2) is 0 Å². The van der Waals surface area contributed by atoms with E-state index in [-0.39, 0.29) is 0 Å². The molecule has 1 heterocycles. The molecule has 2 atom stereocenters. The van der Waals surface area contributed by atoms with Crippen LogP contribution in [-0.2, 0) is 0 Å². The zero-order valence-corrected chi connectivity index (χ0v) is 8.22. The van der Waals surface area contributed by atoms with Gasteiger partial charge in [-0.05, 0) is 39.2 Å². The Labute approximate surface area is 74.9 Å². The number of rotatable bonds is 2. The van der Waals surface area contributed by atoms with Gasteiger partial charge in [0.05, 0.1) is 0 Å². The highest BCUT2D eigenvalue weighted by Gasteiger charge is 2.18. The summed E-state index contributed by atoms with van der Waals surface area (Å²) in [5.74, 6) is 0. The first-order valence-corrected chi connectivity index (χ1v) is 5.12. The fraction of sp³-hybridized carbons (Fsp3) is 1.00. The number of hydrogen-bond acceptors (Lipinski definition) is 1. The molecule has 1 nitrogen and oxygen atoms in total. The van der Waals surface area contributed by atoms with E-state index >= 15 is 0 Å². The van der Waals surface area contributed by atoms with E-state index in [1.165, 1.54) is 6.42 Å². The van der Waals surface area contributed by atoms with Crippen LogP contribution in [0.1, 0.15) is 39.5 Å². The molecular weight excluding hydrogens is 153 g/mol. The molecule has 0 bridgehead atoms. The number of nitrogens with zero attached hydrogens (tertiary/aromatic N) is 1. The first kappa shape index (κ1) is 9.97. The molecule has 1 saturated heterocycles. The van der Waals surface area contributed by atoms with Crippen LogP contribution >= 0.6 is 0 Å². The van der Waals surface area contributed by atoms with Crippen LogP contribution in [0.5, 0.6) is 0 Å². The highest BCUT2D eigenvalue weighted by molar-refractivity contribution is 4.72. The van der Waals surface area contributed by atoms with Gasteiger partial charge >= 0.3 is 0 Å². The summed E-state index contributed by atoms with van der Waals surface area (Å²) < 4.78 is 13.0. The van der Waals surface area contributed by atoms with Crippen LogP contribution < -0.4 is 0 Å². The van der Waals surface area contributed by atoms with Gasteiger partial charge in [0, 0.05) is 12.6 Å². The smallest absolute Gasteiger partial charge is 0.101 e. The summed E-state index contributed by atoms with van der Waals surface area (Å²) in [7, 11) is 0. The summed E-state index contributed by atoms with van der Waals surface area (Å²) in [6.45, 7) is 6.48. The molecule has 72 valence electrons. The van der Waals surface area contributed by atoms with Crippen LogP contribution in [0.4, 0.5) is 4.39 Å². The van der Waals surface area contributed by atoms with Gasteiger partial charge in [0.1, 0.15) is 6.17 Å². The molecule has 12 heavy (non-hydrogen) atoms. The second-order valence-electron chi connectivity index (χ2n) is 3.82. The molecule has 0 amide bonds. The molecule has 0 radical (unpaired) electrons. The van der Waals surface area contributed by atoms with Crippen molar-refractivity contribution >= 4 is 0 Å². The maximum Gasteiger partial charge on any atom is 0.101 e. The minimum absolute atomic E-state index is 0.543. The van der Waals surface area contributed by atoms with E-state index in [0.29, 0.717) is 6.04 Å². The molecule has 0 saturated carbocycles. The summed E-state index contributed by atoms with van der Waals surface area (Å²) in [6.07, 6.45) is 3.18. The first-order valence-electron chi connectivity index (χ1n) is 5.12. The summed E-state index contributed by atoms with van der Waals surface area (Å²) in [6, 6.07) is 0.635. The highest BCUT2D eigenvalue weighted by atomic mass is 19.1. The van der Waals surface area contributed by atoms with Crippen molar-refractivity contribution in [2.45, 2.75) is 51.7 Å². The van der Waals surface area contributed by atoms with Crippen molar-refractivity contribution in [1.82, 2.24) is 4.90 Å². The summed E-state index contributed by atoms with van der Waals surface area (Å²) in [4.78, 5) is 2.42. The third-order valence-electron chi connectivity index (χ3n) is 2.91. The minimum Gasteiger partial charge on any atom is -0.301 e. The van der Waals surface area contributed by atoms with E-state index in [2.05, 4.69) is 18.7 Å². The van der Waals surface area contributed by atoms with Crippen molar-refractivity contribution in [3.05, 3.63) is 0 Å². The zero-order valence-electron chi connectivity index (χ0n) is 8.22. The molecule has 0 N–H and O–H groups in total. The average molecular weight is 173 g/mol. The fourth-order valence-electron chi connectivity index (χ4n) is 1.78. The molecule has 0 aliphatic carbocycles. The van der Waals surface area contributed by atoms with E-state index < -0.39 is 6.17 Å². The van der Waals surface area contributed by atoms with Gasteiger partial charge in [0.2, 0.25) is 0 Å². The lowest BCUT2D eigenvalue weighted by Crippen LogP contribution is -2.33. The lowest BCUT2D eigenvalue weighted by Gasteiger charge is -2.26. The lowest BCUT2D eigenvalue weighted by molar-refractivity contribution is 0.204. The van der Waals surface area contributed by atoms with Gasteiger partial charge in [-0.1, -0.05) is 6.92 Å². The molecule has 0 aromatic rings. The second-order valence-corrected chi connectivity index (χ2v) is 3.82. The van der Waals surface area contributed by atoms with Gasteiger partial charge < -0.3 is 4.90 Å². The Hall–Kier alpha value is -0.110. The molecule has 2 heteroatoms. The van der Waals surface area contributed by atoms with Crippen LogP contribution in [0.2, 0.25) is 0 Å². The van der Waals surface area contributed by atoms with Crippen molar-refractivity contribution in [3.63, 3.8) is 0 Å². The summed E-state index contributed by atoms with van der Waals surface area (Å²) >= 11 is 0. The monoisotopic (exact) mass is 173 g/mol. The standard InChI is InChI=1S/C10H20FN/c1-3-9(2)12-7-4-5-10(11)6-8-12/h9-10H,3-8H2,1-2H3. The average Bonchev–Trinajstić information content (AvgIpc) is 2.29. The van der Waals surface area contributed by atoms with Crippen molar-refractivity contribution < 1.29 is 4.39 Å². The SMILES string of the molecule is CCC(C)N1CCCC(F)CC1. The normalized spacial score (nSPS) is 29.8. The molecular formula is C10H20FN. The number of halogens is 1. The molecule has 0 aromatic carbocycles.